The van der Waals surface area contributed by atoms with E-state index in [0.717, 1.165) is 0 Å². The number of hydrogen-bond acceptors (Lipinski definition) is 4. The molecule has 0 bridgehead atoms. The molecule has 0 saturated heterocycles. The lowest BCUT2D eigenvalue weighted by Crippen LogP contribution is -2.30. The van der Waals surface area contributed by atoms with Crippen LogP contribution in [-0.2, 0) is 9.59 Å². The van der Waals surface area contributed by atoms with E-state index in [-0.39, 0.29) is 36.9 Å². The predicted octanol–water partition coefficient (Wildman–Crippen LogP) is -0.376. The van der Waals surface area contributed by atoms with E-state index in [0.29, 0.717) is 6.54 Å². The van der Waals surface area contributed by atoms with Crippen LogP contribution in [0.1, 0.15) is 19.8 Å². The molecule has 0 saturated carbocycles. The Balaban J connectivity index is 2.59. The highest BCUT2D eigenvalue weighted by Gasteiger charge is 2.27. The maximum atomic E-state index is 11.3. The molecule has 2 amide bonds. The van der Waals surface area contributed by atoms with Crippen molar-refractivity contribution in [3.8, 4) is 6.07 Å². The molecule has 0 fully saturated rings. The van der Waals surface area contributed by atoms with E-state index in [2.05, 4.69) is 10.4 Å². The van der Waals surface area contributed by atoms with Crippen molar-refractivity contribution < 1.29 is 9.59 Å². The van der Waals surface area contributed by atoms with Gasteiger partial charge in [0.2, 0.25) is 5.91 Å². The zero-order chi connectivity index (χ0) is 11.3. The zero-order valence-corrected chi connectivity index (χ0v) is 8.49. The van der Waals surface area contributed by atoms with E-state index < -0.39 is 0 Å². The van der Waals surface area contributed by atoms with Gasteiger partial charge in [0.25, 0.3) is 5.91 Å². The van der Waals surface area contributed by atoms with E-state index in [1.165, 1.54) is 5.01 Å². The number of hydrazone groups is 1. The lowest BCUT2D eigenvalue weighted by Gasteiger charge is -2.07. The Morgan fingerprint density at radius 1 is 1.73 bits per heavy atom. The lowest BCUT2D eigenvalue weighted by molar-refractivity contribution is -0.128. The maximum Gasteiger partial charge on any atom is 0.268 e. The Kier molecular flexibility index (Phi) is 3.80. The molecule has 1 aliphatic rings. The van der Waals surface area contributed by atoms with Gasteiger partial charge in [-0.3, -0.25) is 9.59 Å². The van der Waals surface area contributed by atoms with Gasteiger partial charge in [0.1, 0.15) is 5.71 Å². The van der Waals surface area contributed by atoms with Crippen LogP contribution in [0.2, 0.25) is 0 Å². The van der Waals surface area contributed by atoms with E-state index >= 15 is 0 Å². The third kappa shape index (κ3) is 2.77. The molecule has 0 radical (unpaired) electrons. The number of hydrogen-bond donors (Lipinski definition) is 1. The van der Waals surface area contributed by atoms with Crippen molar-refractivity contribution in [3.63, 3.8) is 0 Å². The van der Waals surface area contributed by atoms with Crippen molar-refractivity contribution in [3.05, 3.63) is 0 Å². The number of rotatable bonds is 4. The molecule has 6 heteroatoms. The first-order chi connectivity index (χ1) is 7.19. The molecular weight excluding hydrogens is 196 g/mol. The highest BCUT2D eigenvalue weighted by Crippen LogP contribution is 2.08. The van der Waals surface area contributed by atoms with Gasteiger partial charge in [-0.15, -0.1) is 0 Å². The van der Waals surface area contributed by atoms with Crippen molar-refractivity contribution in [1.82, 2.24) is 10.3 Å². The van der Waals surface area contributed by atoms with E-state index in [1.54, 1.807) is 6.92 Å². The van der Waals surface area contributed by atoms with Gasteiger partial charge in [-0.25, -0.2) is 5.01 Å². The number of nitrogens with zero attached hydrogens (tertiary/aromatic N) is 3. The molecule has 0 aliphatic carbocycles. The van der Waals surface area contributed by atoms with Crippen LogP contribution in [0.25, 0.3) is 0 Å². The Morgan fingerprint density at radius 3 is 3.07 bits per heavy atom. The summed E-state index contributed by atoms with van der Waals surface area (Å²) in [6.45, 7) is 2.55. The average molecular weight is 208 g/mol. The zero-order valence-electron chi connectivity index (χ0n) is 8.49. The monoisotopic (exact) mass is 208 g/mol. The summed E-state index contributed by atoms with van der Waals surface area (Å²) in [5, 5.41) is 16.0. The fourth-order valence-electron chi connectivity index (χ4n) is 1.19. The molecule has 0 aromatic heterocycles. The van der Waals surface area contributed by atoms with Crippen molar-refractivity contribution in [2.24, 2.45) is 5.10 Å². The predicted molar refractivity (Wildman–Crippen MR) is 52.7 cm³/mol. The second-order valence-electron chi connectivity index (χ2n) is 3.01. The van der Waals surface area contributed by atoms with Crippen molar-refractivity contribution in [2.75, 3.05) is 13.1 Å². The summed E-state index contributed by atoms with van der Waals surface area (Å²) in [7, 11) is 0. The minimum Gasteiger partial charge on any atom is -0.351 e. The molecule has 0 aromatic rings. The van der Waals surface area contributed by atoms with Gasteiger partial charge in [-0.1, -0.05) is 0 Å². The van der Waals surface area contributed by atoms with Crippen molar-refractivity contribution >= 4 is 17.5 Å². The van der Waals surface area contributed by atoms with Crippen LogP contribution >= 0.6 is 0 Å². The van der Waals surface area contributed by atoms with Crippen LogP contribution in [0, 0.1) is 11.3 Å². The molecule has 15 heavy (non-hydrogen) atoms. The summed E-state index contributed by atoms with van der Waals surface area (Å²) in [5.41, 5.74) is 0.222. The number of carbonyl (C=O) groups is 2. The topological polar surface area (TPSA) is 85.6 Å². The SMILES string of the molecule is CCNC(=O)C1=NN(CCC#N)C(=O)C1. The largest absolute Gasteiger partial charge is 0.351 e. The Bertz CT molecular complexity index is 343. The first-order valence-corrected chi connectivity index (χ1v) is 4.72. The van der Waals surface area contributed by atoms with Crippen LogP contribution in [0.3, 0.4) is 0 Å². The quantitative estimate of drug-likeness (QED) is 0.683. The fraction of sp³-hybridized carbons (Fsp3) is 0.556. The second-order valence-corrected chi connectivity index (χ2v) is 3.01. The van der Waals surface area contributed by atoms with E-state index in [1.807, 2.05) is 6.07 Å². The first kappa shape index (κ1) is 11.2. The second kappa shape index (κ2) is 5.10. The summed E-state index contributed by atoms with van der Waals surface area (Å²) >= 11 is 0. The van der Waals surface area contributed by atoms with Crippen LogP contribution in [-0.4, -0.2) is 35.6 Å². The molecule has 0 unspecified atom stereocenters. The number of nitrogens with one attached hydrogen (secondary N) is 1. The normalized spacial score (nSPS) is 14.8. The summed E-state index contributed by atoms with van der Waals surface area (Å²) in [4.78, 5) is 22.6. The molecule has 0 aromatic carbocycles. The minimum absolute atomic E-state index is 0.0251. The summed E-state index contributed by atoms with van der Waals surface area (Å²) in [6, 6.07) is 1.92. The smallest absolute Gasteiger partial charge is 0.268 e. The minimum atomic E-state index is -0.315. The summed E-state index contributed by atoms with van der Waals surface area (Å²) < 4.78 is 0. The van der Waals surface area contributed by atoms with E-state index in [9.17, 15) is 9.59 Å². The Hall–Kier alpha value is -1.90. The van der Waals surface area contributed by atoms with Gasteiger partial charge in [-0.2, -0.15) is 10.4 Å². The molecule has 80 valence electrons. The molecule has 1 heterocycles. The van der Waals surface area contributed by atoms with Crippen molar-refractivity contribution in [2.45, 2.75) is 19.8 Å². The third-order valence-corrected chi connectivity index (χ3v) is 1.88. The molecule has 6 nitrogen and oxygen atoms in total. The molecule has 1 rings (SSSR count). The van der Waals surface area contributed by atoms with Gasteiger partial charge in [0.15, 0.2) is 0 Å². The summed E-state index contributed by atoms with van der Waals surface area (Å²) in [6.07, 6.45) is 0.245. The highest BCUT2D eigenvalue weighted by atomic mass is 16.2. The molecule has 0 atom stereocenters. The third-order valence-electron chi connectivity index (χ3n) is 1.88. The standard InChI is InChI=1S/C9H12N4O2/c1-2-11-9(15)7-6-8(14)13(12-7)5-3-4-10/h2-3,5-6H2,1H3,(H,11,15). The van der Waals surface area contributed by atoms with Crippen LogP contribution in [0.5, 0.6) is 0 Å². The Labute approximate surface area is 87.5 Å². The molecule has 1 N–H and O–H groups in total. The lowest BCUT2D eigenvalue weighted by atomic mass is 10.2. The Morgan fingerprint density at radius 2 is 2.47 bits per heavy atom. The fourth-order valence-corrected chi connectivity index (χ4v) is 1.19. The van der Waals surface area contributed by atoms with Crippen LogP contribution in [0.15, 0.2) is 5.10 Å². The van der Waals surface area contributed by atoms with Crippen molar-refractivity contribution in [1.29, 1.82) is 5.26 Å². The number of amides is 2. The highest BCUT2D eigenvalue weighted by molar-refractivity contribution is 6.43. The van der Waals surface area contributed by atoms with Gasteiger partial charge >= 0.3 is 0 Å². The molecule has 0 spiro atoms. The van der Waals surface area contributed by atoms with Crippen LogP contribution < -0.4 is 5.32 Å². The van der Waals surface area contributed by atoms with Gasteiger partial charge in [0, 0.05) is 6.54 Å². The van der Waals surface area contributed by atoms with Gasteiger partial charge in [0.05, 0.1) is 25.5 Å². The van der Waals surface area contributed by atoms with Crippen LogP contribution in [0.4, 0.5) is 0 Å². The number of nitriles is 1. The maximum absolute atomic E-state index is 11.3. The van der Waals surface area contributed by atoms with E-state index in [4.69, 9.17) is 5.26 Å². The average Bonchev–Trinajstić information content (AvgIpc) is 2.57. The molecule has 1 aliphatic heterocycles. The van der Waals surface area contributed by atoms with Gasteiger partial charge in [-0.05, 0) is 6.92 Å². The first-order valence-electron chi connectivity index (χ1n) is 4.72. The van der Waals surface area contributed by atoms with Gasteiger partial charge < -0.3 is 5.32 Å². The number of carbonyl (C=O) groups excluding carboxylic acids is 2. The summed E-state index contributed by atoms with van der Waals surface area (Å²) in [5.74, 6) is -0.545. The molecular formula is C9H12N4O2.